The summed E-state index contributed by atoms with van der Waals surface area (Å²) in [6.07, 6.45) is 0. The van der Waals surface area contributed by atoms with Crippen LogP contribution in [0.15, 0.2) is 0 Å². The van der Waals surface area contributed by atoms with Crippen molar-refractivity contribution >= 4 is 10.2 Å². The molecule has 78 valence electrons. The van der Waals surface area contributed by atoms with E-state index in [1.165, 1.54) is 4.31 Å². The zero-order chi connectivity index (χ0) is 9.73. The molecular weight excluding hydrogens is 194 g/mol. The van der Waals surface area contributed by atoms with Crippen LogP contribution in [-0.4, -0.2) is 52.7 Å². The fraction of sp³-hybridized carbons (Fsp3) is 1.00. The van der Waals surface area contributed by atoms with Crippen molar-refractivity contribution in [2.45, 2.75) is 0 Å². The highest BCUT2D eigenvalue weighted by Crippen LogP contribution is 2.01. The highest BCUT2D eigenvalue weighted by atomic mass is 32.2. The van der Waals surface area contributed by atoms with Crippen molar-refractivity contribution in [1.82, 2.24) is 14.3 Å². The maximum Gasteiger partial charge on any atom is 0.280 e. The summed E-state index contributed by atoms with van der Waals surface area (Å²) in [6, 6.07) is 0. The van der Waals surface area contributed by atoms with Crippen LogP contribution >= 0.6 is 0 Å². The minimum atomic E-state index is -3.30. The molecule has 0 spiro atoms. The molecule has 1 rings (SSSR count). The Morgan fingerprint density at radius 2 is 2.00 bits per heavy atom. The molecule has 0 bridgehead atoms. The number of ether oxygens (including phenoxy) is 1. The van der Waals surface area contributed by atoms with Gasteiger partial charge in [-0.05, 0) is 7.05 Å². The summed E-state index contributed by atoms with van der Waals surface area (Å²) in [6.45, 7) is 2.05. The van der Waals surface area contributed by atoms with Crippen LogP contribution in [-0.2, 0) is 14.9 Å². The monoisotopic (exact) mass is 209 g/mol. The second kappa shape index (κ2) is 4.87. The normalized spacial score (nSPS) is 20.4. The summed E-state index contributed by atoms with van der Waals surface area (Å²) in [4.78, 5) is 0. The Balaban J connectivity index is 2.47. The van der Waals surface area contributed by atoms with Gasteiger partial charge in [0.25, 0.3) is 10.2 Å². The van der Waals surface area contributed by atoms with E-state index in [2.05, 4.69) is 10.0 Å². The molecule has 0 aromatic rings. The first kappa shape index (κ1) is 10.9. The minimum absolute atomic E-state index is 0.250. The van der Waals surface area contributed by atoms with Gasteiger partial charge in [0.1, 0.15) is 0 Å². The molecule has 0 amide bonds. The fourth-order valence-corrected chi connectivity index (χ4v) is 2.18. The lowest BCUT2D eigenvalue weighted by atomic mass is 10.5. The molecule has 1 fully saturated rings. The van der Waals surface area contributed by atoms with Crippen molar-refractivity contribution in [3.05, 3.63) is 0 Å². The van der Waals surface area contributed by atoms with Crippen molar-refractivity contribution < 1.29 is 13.2 Å². The molecule has 0 aromatic carbocycles. The molecule has 1 aliphatic heterocycles. The van der Waals surface area contributed by atoms with Gasteiger partial charge in [-0.1, -0.05) is 0 Å². The Hall–Kier alpha value is -0.210. The molecule has 2 N–H and O–H groups in total. The van der Waals surface area contributed by atoms with Crippen LogP contribution in [0.25, 0.3) is 0 Å². The van der Waals surface area contributed by atoms with Gasteiger partial charge in [-0.3, -0.25) is 0 Å². The highest BCUT2D eigenvalue weighted by Gasteiger charge is 2.22. The lowest BCUT2D eigenvalue weighted by Crippen LogP contribution is -2.48. The van der Waals surface area contributed by atoms with E-state index in [4.69, 9.17) is 4.74 Å². The number of nitrogens with one attached hydrogen (secondary N) is 2. The van der Waals surface area contributed by atoms with E-state index in [1.807, 2.05) is 0 Å². The van der Waals surface area contributed by atoms with Gasteiger partial charge >= 0.3 is 0 Å². The average Bonchev–Trinajstić information content (AvgIpc) is 2.16. The molecule has 6 nitrogen and oxygen atoms in total. The van der Waals surface area contributed by atoms with E-state index >= 15 is 0 Å². The quantitative estimate of drug-likeness (QED) is 0.543. The molecule has 0 saturated carbocycles. The van der Waals surface area contributed by atoms with E-state index in [0.717, 1.165) is 0 Å². The Labute approximate surface area is 78.4 Å². The van der Waals surface area contributed by atoms with E-state index in [1.54, 1.807) is 7.05 Å². The van der Waals surface area contributed by atoms with Gasteiger partial charge in [0, 0.05) is 13.1 Å². The van der Waals surface area contributed by atoms with E-state index < -0.39 is 10.2 Å². The largest absolute Gasteiger partial charge is 0.379 e. The summed E-state index contributed by atoms with van der Waals surface area (Å²) in [5.41, 5.74) is 0. The van der Waals surface area contributed by atoms with Crippen LogP contribution in [0.4, 0.5) is 0 Å². The van der Waals surface area contributed by atoms with Gasteiger partial charge in [-0.15, -0.1) is 0 Å². The first-order valence-corrected chi connectivity index (χ1v) is 5.58. The summed E-state index contributed by atoms with van der Waals surface area (Å²) in [5.74, 6) is 0. The zero-order valence-electron chi connectivity index (χ0n) is 7.62. The Bertz CT molecular complexity index is 236. The number of hydrogen-bond acceptors (Lipinski definition) is 4. The lowest BCUT2D eigenvalue weighted by Gasteiger charge is -2.25. The van der Waals surface area contributed by atoms with Gasteiger partial charge in [-0.25, -0.2) is 0 Å². The standard InChI is InChI=1S/C6H15N3O3S/c1-7-6-8-13(10,11)9-2-4-12-5-3-9/h7-8H,2-6H2,1H3. The highest BCUT2D eigenvalue weighted by molar-refractivity contribution is 7.87. The van der Waals surface area contributed by atoms with Crippen LogP contribution in [0.2, 0.25) is 0 Å². The van der Waals surface area contributed by atoms with Crippen LogP contribution < -0.4 is 10.0 Å². The molecule has 0 aromatic heterocycles. The molecule has 1 heterocycles. The van der Waals surface area contributed by atoms with Crippen LogP contribution in [0.3, 0.4) is 0 Å². The molecule has 0 unspecified atom stereocenters. The van der Waals surface area contributed by atoms with Gasteiger partial charge in [-0.2, -0.15) is 17.4 Å². The summed E-state index contributed by atoms with van der Waals surface area (Å²) < 4.78 is 31.8. The van der Waals surface area contributed by atoms with Crippen molar-refractivity contribution in [1.29, 1.82) is 0 Å². The topological polar surface area (TPSA) is 70.7 Å². The number of hydrogen-bond donors (Lipinski definition) is 2. The Kier molecular flexibility index (Phi) is 4.07. The molecule has 7 heteroatoms. The van der Waals surface area contributed by atoms with Gasteiger partial charge in [0.15, 0.2) is 0 Å². The predicted octanol–water partition coefficient (Wildman–Crippen LogP) is -1.67. The predicted molar refractivity (Wildman–Crippen MR) is 48.4 cm³/mol. The fourth-order valence-electron chi connectivity index (χ4n) is 1.04. The first-order chi connectivity index (χ1) is 6.17. The molecule has 0 radical (unpaired) electrons. The van der Waals surface area contributed by atoms with Crippen LogP contribution in [0.1, 0.15) is 0 Å². The second-order valence-electron chi connectivity index (χ2n) is 2.69. The lowest BCUT2D eigenvalue weighted by molar-refractivity contribution is 0.0725. The van der Waals surface area contributed by atoms with E-state index in [-0.39, 0.29) is 6.67 Å². The Morgan fingerprint density at radius 1 is 1.38 bits per heavy atom. The SMILES string of the molecule is CNCNS(=O)(=O)N1CCOCC1. The number of nitrogens with zero attached hydrogens (tertiary/aromatic N) is 1. The smallest absolute Gasteiger partial charge is 0.280 e. The van der Waals surface area contributed by atoms with Crippen molar-refractivity contribution in [2.75, 3.05) is 40.0 Å². The van der Waals surface area contributed by atoms with E-state index in [0.29, 0.717) is 26.3 Å². The second-order valence-corrected chi connectivity index (χ2v) is 4.45. The molecule has 13 heavy (non-hydrogen) atoms. The average molecular weight is 209 g/mol. The van der Waals surface area contributed by atoms with Crippen molar-refractivity contribution in [2.24, 2.45) is 0 Å². The van der Waals surface area contributed by atoms with Crippen LogP contribution in [0, 0.1) is 0 Å². The minimum Gasteiger partial charge on any atom is -0.379 e. The maximum atomic E-state index is 11.5. The first-order valence-electron chi connectivity index (χ1n) is 4.14. The summed E-state index contributed by atoms with van der Waals surface area (Å²) in [5, 5.41) is 2.71. The third-order valence-electron chi connectivity index (χ3n) is 1.74. The number of morpholine rings is 1. The third kappa shape index (κ3) is 3.20. The molecule has 1 saturated heterocycles. The van der Waals surface area contributed by atoms with Gasteiger partial charge < -0.3 is 10.1 Å². The number of rotatable bonds is 4. The third-order valence-corrected chi connectivity index (χ3v) is 3.30. The maximum absolute atomic E-state index is 11.5. The molecule has 1 aliphatic rings. The molecular formula is C6H15N3O3S. The molecule has 0 aliphatic carbocycles. The van der Waals surface area contributed by atoms with Crippen LogP contribution in [0.5, 0.6) is 0 Å². The van der Waals surface area contributed by atoms with Gasteiger partial charge in [0.2, 0.25) is 0 Å². The van der Waals surface area contributed by atoms with Crippen molar-refractivity contribution in [3.8, 4) is 0 Å². The van der Waals surface area contributed by atoms with E-state index in [9.17, 15) is 8.42 Å². The Morgan fingerprint density at radius 3 is 2.54 bits per heavy atom. The zero-order valence-corrected chi connectivity index (χ0v) is 8.43. The van der Waals surface area contributed by atoms with Crippen molar-refractivity contribution in [3.63, 3.8) is 0 Å². The van der Waals surface area contributed by atoms with Gasteiger partial charge in [0.05, 0.1) is 19.9 Å². The summed E-state index contributed by atoms with van der Waals surface area (Å²) in [7, 11) is -1.62. The molecule has 0 atom stereocenters. The summed E-state index contributed by atoms with van der Waals surface area (Å²) >= 11 is 0.